The van der Waals surface area contributed by atoms with E-state index in [1.54, 1.807) is 35.6 Å². The number of nitro benzene ring substituents is 1. The first kappa shape index (κ1) is 13.5. The maximum atomic E-state index is 11.4. The molecular weight excluding hydrogens is 365 g/mol. The Labute approximate surface area is 120 Å². The molecule has 0 fully saturated rings. The Morgan fingerprint density at radius 2 is 2.21 bits per heavy atom. The van der Waals surface area contributed by atoms with E-state index in [-0.39, 0.29) is 20.7 Å². The number of aromatic nitrogens is 2. The molecule has 19 heavy (non-hydrogen) atoms. The molecule has 1 heterocycles. The summed E-state index contributed by atoms with van der Waals surface area (Å²) in [5, 5.41) is 10.8. The summed E-state index contributed by atoms with van der Waals surface area (Å²) in [6.45, 7) is 1.58. The van der Waals surface area contributed by atoms with Crippen molar-refractivity contribution in [2.24, 2.45) is 0 Å². The number of ether oxygens (including phenoxy) is 1. The van der Waals surface area contributed by atoms with Crippen molar-refractivity contribution in [1.82, 2.24) is 9.97 Å². The average Bonchev–Trinajstić information content (AvgIpc) is 2.37. The molecule has 8 heteroatoms. The molecule has 1 aromatic carbocycles. The van der Waals surface area contributed by atoms with Crippen LogP contribution in [0.1, 0.15) is 5.56 Å². The molecule has 0 spiro atoms. The van der Waals surface area contributed by atoms with E-state index < -0.39 is 4.92 Å². The van der Waals surface area contributed by atoms with E-state index in [2.05, 4.69) is 9.97 Å². The third-order valence-corrected chi connectivity index (χ3v) is 3.37. The first-order chi connectivity index (χ1) is 9.00. The molecule has 0 aliphatic heterocycles. The van der Waals surface area contributed by atoms with Crippen molar-refractivity contribution in [2.75, 3.05) is 0 Å². The highest BCUT2D eigenvalue weighted by molar-refractivity contribution is 14.1. The topological polar surface area (TPSA) is 98.1 Å². The zero-order valence-electron chi connectivity index (χ0n) is 9.71. The molecule has 0 atom stereocenters. The maximum absolute atomic E-state index is 11.4. The Hall–Kier alpha value is -1.97. The Balaban J connectivity index is 2.44. The van der Waals surface area contributed by atoms with Gasteiger partial charge >= 0.3 is 0 Å². The summed E-state index contributed by atoms with van der Waals surface area (Å²) < 4.78 is 5.75. The van der Waals surface area contributed by atoms with Gasteiger partial charge in [0, 0.05) is 6.07 Å². The zero-order chi connectivity index (χ0) is 14.0. The van der Waals surface area contributed by atoms with Gasteiger partial charge in [0.25, 0.3) is 11.2 Å². The number of benzene rings is 1. The van der Waals surface area contributed by atoms with E-state index in [1.807, 2.05) is 0 Å². The SMILES string of the molecule is Cc1c(Oc2nc[nH]c(=O)c2I)cccc1[N+](=O)[O-]. The van der Waals surface area contributed by atoms with Gasteiger partial charge in [0.05, 0.1) is 16.8 Å². The largest absolute Gasteiger partial charge is 0.437 e. The second-order valence-corrected chi connectivity index (χ2v) is 4.69. The monoisotopic (exact) mass is 373 g/mol. The molecule has 0 radical (unpaired) electrons. The van der Waals surface area contributed by atoms with E-state index in [4.69, 9.17) is 4.74 Å². The lowest BCUT2D eigenvalue weighted by Crippen LogP contribution is -2.11. The quantitative estimate of drug-likeness (QED) is 0.506. The van der Waals surface area contributed by atoms with Crippen LogP contribution in [0.2, 0.25) is 0 Å². The van der Waals surface area contributed by atoms with Crippen LogP contribution in [0.15, 0.2) is 29.3 Å². The summed E-state index contributed by atoms with van der Waals surface area (Å²) in [5.74, 6) is 0.415. The second-order valence-electron chi connectivity index (χ2n) is 3.61. The number of H-pyrrole nitrogens is 1. The van der Waals surface area contributed by atoms with Crippen LogP contribution >= 0.6 is 22.6 Å². The predicted octanol–water partition coefficient (Wildman–Crippen LogP) is 2.38. The van der Waals surface area contributed by atoms with Gasteiger partial charge in [-0.15, -0.1) is 0 Å². The van der Waals surface area contributed by atoms with Gasteiger partial charge in [-0.1, -0.05) is 6.07 Å². The molecule has 0 aliphatic rings. The summed E-state index contributed by atoms with van der Waals surface area (Å²) in [4.78, 5) is 28.0. The number of hydrogen-bond donors (Lipinski definition) is 1. The van der Waals surface area contributed by atoms with Crippen LogP contribution in [0.25, 0.3) is 0 Å². The van der Waals surface area contributed by atoms with Crippen molar-refractivity contribution >= 4 is 28.3 Å². The first-order valence-corrected chi connectivity index (χ1v) is 6.23. The molecule has 0 saturated heterocycles. The van der Waals surface area contributed by atoms with Crippen molar-refractivity contribution < 1.29 is 9.66 Å². The molecule has 2 aromatic rings. The summed E-state index contributed by atoms with van der Waals surface area (Å²) in [6.07, 6.45) is 1.21. The van der Waals surface area contributed by atoms with E-state index in [0.29, 0.717) is 11.3 Å². The molecule has 1 N–H and O–H groups in total. The zero-order valence-corrected chi connectivity index (χ0v) is 11.9. The fraction of sp³-hybridized carbons (Fsp3) is 0.0909. The van der Waals surface area contributed by atoms with Gasteiger partial charge in [-0.3, -0.25) is 14.9 Å². The van der Waals surface area contributed by atoms with E-state index in [9.17, 15) is 14.9 Å². The lowest BCUT2D eigenvalue weighted by Gasteiger charge is -2.08. The molecule has 0 unspecified atom stereocenters. The van der Waals surface area contributed by atoms with Crippen molar-refractivity contribution in [1.29, 1.82) is 0 Å². The number of nitrogens with zero attached hydrogens (tertiary/aromatic N) is 2. The molecule has 0 amide bonds. The predicted molar refractivity (Wildman–Crippen MR) is 75.5 cm³/mol. The third-order valence-electron chi connectivity index (χ3n) is 2.42. The summed E-state index contributed by atoms with van der Waals surface area (Å²) in [6, 6.07) is 4.49. The molecule has 0 bridgehead atoms. The Morgan fingerprint density at radius 3 is 2.89 bits per heavy atom. The van der Waals surface area contributed by atoms with Gasteiger partial charge < -0.3 is 9.72 Å². The smallest absolute Gasteiger partial charge is 0.276 e. The molecule has 0 aliphatic carbocycles. The van der Waals surface area contributed by atoms with Crippen molar-refractivity contribution in [3.63, 3.8) is 0 Å². The van der Waals surface area contributed by atoms with Gasteiger partial charge in [0.1, 0.15) is 9.32 Å². The lowest BCUT2D eigenvalue weighted by atomic mass is 10.2. The normalized spacial score (nSPS) is 10.2. The highest BCUT2D eigenvalue weighted by Gasteiger charge is 2.16. The number of halogens is 1. The van der Waals surface area contributed by atoms with Gasteiger partial charge in [-0.25, -0.2) is 4.98 Å². The van der Waals surface area contributed by atoms with Crippen LogP contribution < -0.4 is 10.3 Å². The summed E-state index contributed by atoms with van der Waals surface area (Å²) in [7, 11) is 0. The van der Waals surface area contributed by atoms with Gasteiger partial charge in [0.15, 0.2) is 0 Å². The Morgan fingerprint density at radius 1 is 1.47 bits per heavy atom. The van der Waals surface area contributed by atoms with Gasteiger partial charge in [-0.2, -0.15) is 0 Å². The number of nitro groups is 1. The van der Waals surface area contributed by atoms with Gasteiger partial charge in [-0.05, 0) is 35.6 Å². The minimum Gasteiger partial charge on any atom is -0.437 e. The number of rotatable bonds is 3. The fourth-order valence-corrected chi connectivity index (χ4v) is 1.86. The van der Waals surface area contributed by atoms with Crippen molar-refractivity contribution in [3.8, 4) is 11.6 Å². The fourth-order valence-electron chi connectivity index (χ4n) is 1.45. The lowest BCUT2D eigenvalue weighted by molar-refractivity contribution is -0.385. The minimum atomic E-state index is -0.488. The summed E-state index contributed by atoms with van der Waals surface area (Å²) in [5.41, 5.74) is 0.0106. The maximum Gasteiger partial charge on any atom is 0.276 e. The molecular formula is C11H8IN3O4. The average molecular weight is 373 g/mol. The minimum absolute atomic E-state index is 0.0441. The van der Waals surface area contributed by atoms with Crippen LogP contribution in [0.5, 0.6) is 11.6 Å². The highest BCUT2D eigenvalue weighted by atomic mass is 127. The molecule has 0 saturated carbocycles. The number of nitrogens with one attached hydrogen (secondary N) is 1. The summed E-state index contributed by atoms with van der Waals surface area (Å²) >= 11 is 1.80. The Bertz CT molecular complexity index is 699. The van der Waals surface area contributed by atoms with Crippen LogP contribution in [-0.2, 0) is 0 Å². The van der Waals surface area contributed by atoms with Crippen molar-refractivity contribution in [2.45, 2.75) is 6.92 Å². The van der Waals surface area contributed by atoms with Crippen LogP contribution in [0.4, 0.5) is 5.69 Å². The highest BCUT2D eigenvalue weighted by Crippen LogP contribution is 2.30. The first-order valence-electron chi connectivity index (χ1n) is 5.15. The van der Waals surface area contributed by atoms with Gasteiger partial charge in [0.2, 0.25) is 5.88 Å². The van der Waals surface area contributed by atoms with Crippen LogP contribution in [0.3, 0.4) is 0 Å². The van der Waals surface area contributed by atoms with E-state index in [1.165, 1.54) is 18.5 Å². The Kier molecular flexibility index (Phi) is 3.79. The van der Waals surface area contributed by atoms with E-state index in [0.717, 1.165) is 0 Å². The van der Waals surface area contributed by atoms with E-state index >= 15 is 0 Å². The molecule has 7 nitrogen and oxygen atoms in total. The standard InChI is InChI=1S/C11H8IN3O4/c1-6-7(15(17)18)3-2-4-8(6)19-11-9(12)10(16)13-5-14-11/h2-5H,1H3,(H,13,14,16). The third kappa shape index (κ3) is 2.72. The number of aromatic amines is 1. The van der Waals surface area contributed by atoms with Crippen molar-refractivity contribution in [3.05, 3.63) is 54.1 Å². The molecule has 1 aromatic heterocycles. The second kappa shape index (κ2) is 5.34. The van der Waals surface area contributed by atoms with Crippen LogP contribution in [0, 0.1) is 20.6 Å². The molecule has 98 valence electrons. The molecule has 2 rings (SSSR count). The van der Waals surface area contributed by atoms with Crippen LogP contribution in [-0.4, -0.2) is 14.9 Å². The number of hydrogen-bond acceptors (Lipinski definition) is 5.